The molecular formula is C16H24N2O3. The van der Waals surface area contributed by atoms with E-state index in [1.54, 1.807) is 12.1 Å². The zero-order valence-corrected chi connectivity index (χ0v) is 12.8. The summed E-state index contributed by atoms with van der Waals surface area (Å²) in [4.78, 5) is 10.7. The molecular weight excluding hydrogens is 268 g/mol. The highest BCUT2D eigenvalue weighted by Gasteiger charge is 2.33. The molecule has 2 rings (SSSR count). The lowest BCUT2D eigenvalue weighted by molar-refractivity contribution is -0.385. The molecule has 0 saturated heterocycles. The maximum Gasteiger partial charge on any atom is 0.311 e. The van der Waals surface area contributed by atoms with Crippen molar-refractivity contribution in [3.05, 3.63) is 33.9 Å². The molecule has 1 aliphatic carbocycles. The van der Waals surface area contributed by atoms with E-state index in [1.165, 1.54) is 20.0 Å². The van der Waals surface area contributed by atoms with E-state index < -0.39 is 0 Å². The summed E-state index contributed by atoms with van der Waals surface area (Å²) in [6.07, 6.45) is 5.39. The number of ether oxygens (including phenoxy) is 1. The number of methoxy groups -OCH3 is 1. The number of rotatable bonds is 5. The van der Waals surface area contributed by atoms with E-state index in [1.807, 2.05) is 6.07 Å². The SMILES string of the molecule is COc1ccc(CC2(CN)CCC(C)CC2)cc1[N+](=O)[O-]. The maximum atomic E-state index is 11.1. The maximum absolute atomic E-state index is 11.1. The number of nitrogens with zero attached hydrogens (tertiary/aromatic N) is 1. The Hall–Kier alpha value is -1.62. The largest absolute Gasteiger partial charge is 0.490 e. The summed E-state index contributed by atoms with van der Waals surface area (Å²) < 4.78 is 5.05. The minimum absolute atomic E-state index is 0.0337. The molecule has 0 aromatic heterocycles. The lowest BCUT2D eigenvalue weighted by Gasteiger charge is -2.38. The van der Waals surface area contributed by atoms with Crippen molar-refractivity contribution < 1.29 is 9.66 Å². The first kappa shape index (κ1) is 15.8. The van der Waals surface area contributed by atoms with Crippen LogP contribution in [0.5, 0.6) is 5.75 Å². The first-order chi connectivity index (χ1) is 9.99. The fourth-order valence-corrected chi connectivity index (χ4v) is 3.25. The third-order valence-corrected chi connectivity index (χ3v) is 4.79. The molecule has 116 valence electrons. The molecule has 1 fully saturated rings. The molecule has 1 aromatic carbocycles. The molecule has 1 aliphatic rings. The second-order valence-corrected chi connectivity index (χ2v) is 6.33. The lowest BCUT2D eigenvalue weighted by Crippen LogP contribution is -2.36. The molecule has 1 saturated carbocycles. The van der Waals surface area contributed by atoms with Gasteiger partial charge in [0.2, 0.25) is 0 Å². The molecule has 1 aromatic rings. The third-order valence-electron chi connectivity index (χ3n) is 4.79. The lowest BCUT2D eigenvalue weighted by atomic mass is 9.68. The second kappa shape index (κ2) is 6.43. The van der Waals surface area contributed by atoms with E-state index in [4.69, 9.17) is 10.5 Å². The number of benzene rings is 1. The monoisotopic (exact) mass is 292 g/mol. The van der Waals surface area contributed by atoms with E-state index in [0.717, 1.165) is 30.7 Å². The number of hydrogen-bond donors (Lipinski definition) is 1. The van der Waals surface area contributed by atoms with Crippen LogP contribution in [0.1, 0.15) is 38.2 Å². The van der Waals surface area contributed by atoms with Gasteiger partial charge in [-0.15, -0.1) is 0 Å². The quantitative estimate of drug-likeness (QED) is 0.667. The molecule has 0 aliphatic heterocycles. The van der Waals surface area contributed by atoms with E-state index in [9.17, 15) is 10.1 Å². The van der Waals surface area contributed by atoms with Crippen molar-refractivity contribution >= 4 is 5.69 Å². The summed E-state index contributed by atoms with van der Waals surface area (Å²) in [7, 11) is 1.45. The number of nitro benzene ring substituents is 1. The molecule has 5 heteroatoms. The summed E-state index contributed by atoms with van der Waals surface area (Å²) in [6, 6.07) is 5.23. The Morgan fingerprint density at radius 3 is 2.62 bits per heavy atom. The van der Waals surface area contributed by atoms with Gasteiger partial charge in [0.15, 0.2) is 5.75 Å². The van der Waals surface area contributed by atoms with Crippen molar-refractivity contribution in [1.82, 2.24) is 0 Å². The summed E-state index contributed by atoms with van der Waals surface area (Å²) >= 11 is 0. The predicted molar refractivity (Wildman–Crippen MR) is 82.5 cm³/mol. The smallest absolute Gasteiger partial charge is 0.311 e. The summed E-state index contributed by atoms with van der Waals surface area (Å²) in [5.74, 6) is 1.07. The first-order valence-electron chi connectivity index (χ1n) is 7.51. The van der Waals surface area contributed by atoms with Crippen LogP contribution in [-0.2, 0) is 6.42 Å². The van der Waals surface area contributed by atoms with Crippen LogP contribution in [-0.4, -0.2) is 18.6 Å². The van der Waals surface area contributed by atoms with Gasteiger partial charge >= 0.3 is 5.69 Å². The van der Waals surface area contributed by atoms with E-state index >= 15 is 0 Å². The highest BCUT2D eigenvalue weighted by Crippen LogP contribution is 2.41. The van der Waals surface area contributed by atoms with Gasteiger partial charge in [-0.1, -0.05) is 25.8 Å². The zero-order valence-electron chi connectivity index (χ0n) is 12.8. The van der Waals surface area contributed by atoms with E-state index in [2.05, 4.69) is 6.92 Å². The highest BCUT2D eigenvalue weighted by atomic mass is 16.6. The van der Waals surface area contributed by atoms with Crippen LogP contribution in [0.25, 0.3) is 0 Å². The Kier molecular flexibility index (Phi) is 4.83. The topological polar surface area (TPSA) is 78.4 Å². The zero-order chi connectivity index (χ0) is 15.5. The first-order valence-corrected chi connectivity index (χ1v) is 7.51. The van der Waals surface area contributed by atoms with Crippen molar-refractivity contribution in [2.24, 2.45) is 17.1 Å². The Labute approximate surface area is 125 Å². The second-order valence-electron chi connectivity index (χ2n) is 6.33. The molecule has 5 nitrogen and oxygen atoms in total. The average Bonchev–Trinajstić information content (AvgIpc) is 2.49. The van der Waals surface area contributed by atoms with Crippen molar-refractivity contribution in [3.63, 3.8) is 0 Å². The van der Waals surface area contributed by atoms with Crippen LogP contribution in [0, 0.1) is 21.4 Å². The highest BCUT2D eigenvalue weighted by molar-refractivity contribution is 5.48. The minimum Gasteiger partial charge on any atom is -0.490 e. The van der Waals surface area contributed by atoms with E-state index in [0.29, 0.717) is 12.3 Å². The Bertz CT molecular complexity index is 508. The molecule has 0 radical (unpaired) electrons. The molecule has 0 unspecified atom stereocenters. The fourth-order valence-electron chi connectivity index (χ4n) is 3.25. The summed E-state index contributed by atoms with van der Waals surface area (Å²) in [5, 5.41) is 11.1. The van der Waals surface area contributed by atoms with Gasteiger partial charge in [-0.3, -0.25) is 10.1 Å². The van der Waals surface area contributed by atoms with Crippen LogP contribution in [0.15, 0.2) is 18.2 Å². The van der Waals surface area contributed by atoms with Gasteiger partial charge in [-0.25, -0.2) is 0 Å². The Morgan fingerprint density at radius 1 is 1.43 bits per heavy atom. The number of nitro groups is 1. The molecule has 0 amide bonds. The molecule has 0 bridgehead atoms. The minimum atomic E-state index is -0.388. The molecule has 0 spiro atoms. The van der Waals surface area contributed by atoms with Gasteiger partial charge in [0.1, 0.15) is 0 Å². The van der Waals surface area contributed by atoms with Crippen LogP contribution in [0.2, 0.25) is 0 Å². The Morgan fingerprint density at radius 2 is 2.10 bits per heavy atom. The standard InChI is InChI=1S/C16H24N2O3/c1-12-5-7-16(11-17,8-6-12)10-13-3-4-15(21-2)14(9-13)18(19)20/h3-4,9,12H,5-8,10-11,17H2,1-2H3. The number of hydrogen-bond acceptors (Lipinski definition) is 4. The fraction of sp³-hybridized carbons (Fsp3) is 0.625. The normalized spacial score (nSPS) is 25.6. The van der Waals surface area contributed by atoms with Gasteiger partial charge in [0.05, 0.1) is 12.0 Å². The van der Waals surface area contributed by atoms with Gasteiger partial charge in [-0.05, 0) is 48.8 Å². The van der Waals surface area contributed by atoms with Crippen LogP contribution < -0.4 is 10.5 Å². The molecule has 21 heavy (non-hydrogen) atoms. The van der Waals surface area contributed by atoms with E-state index in [-0.39, 0.29) is 16.0 Å². The van der Waals surface area contributed by atoms with Crippen LogP contribution in [0.3, 0.4) is 0 Å². The van der Waals surface area contributed by atoms with Crippen molar-refractivity contribution in [1.29, 1.82) is 0 Å². The van der Waals surface area contributed by atoms with Crippen LogP contribution in [0.4, 0.5) is 5.69 Å². The van der Waals surface area contributed by atoms with Gasteiger partial charge in [0.25, 0.3) is 0 Å². The van der Waals surface area contributed by atoms with Crippen LogP contribution >= 0.6 is 0 Å². The summed E-state index contributed by atoms with van der Waals surface area (Å²) in [6.45, 7) is 2.91. The summed E-state index contributed by atoms with van der Waals surface area (Å²) in [5.41, 5.74) is 7.13. The van der Waals surface area contributed by atoms with Crippen molar-refractivity contribution in [2.75, 3.05) is 13.7 Å². The molecule has 0 atom stereocenters. The van der Waals surface area contributed by atoms with Gasteiger partial charge in [-0.2, -0.15) is 0 Å². The van der Waals surface area contributed by atoms with Crippen molar-refractivity contribution in [3.8, 4) is 5.75 Å². The van der Waals surface area contributed by atoms with Gasteiger partial charge < -0.3 is 10.5 Å². The number of nitrogens with two attached hydrogens (primary N) is 1. The predicted octanol–water partition coefficient (Wildman–Crippen LogP) is 3.30. The molecule has 0 heterocycles. The average molecular weight is 292 g/mol. The van der Waals surface area contributed by atoms with Crippen molar-refractivity contribution in [2.45, 2.75) is 39.0 Å². The third kappa shape index (κ3) is 3.53. The van der Waals surface area contributed by atoms with Gasteiger partial charge in [0, 0.05) is 6.07 Å². The Balaban J connectivity index is 2.22. The molecule has 2 N–H and O–H groups in total.